The second-order valence-corrected chi connectivity index (χ2v) is 5.57. The van der Waals surface area contributed by atoms with Gasteiger partial charge < -0.3 is 4.98 Å². The van der Waals surface area contributed by atoms with E-state index >= 15 is 0 Å². The third-order valence-electron chi connectivity index (χ3n) is 4.04. The zero-order valence-corrected chi connectivity index (χ0v) is 12.7. The van der Waals surface area contributed by atoms with Crippen LogP contribution in [0, 0.1) is 0 Å². The Balaban J connectivity index is 1.88. The van der Waals surface area contributed by atoms with Crippen LogP contribution in [-0.2, 0) is 0 Å². The van der Waals surface area contributed by atoms with Gasteiger partial charge in [-0.15, -0.1) is 0 Å². The van der Waals surface area contributed by atoms with E-state index in [0.29, 0.717) is 0 Å². The maximum absolute atomic E-state index is 3.55. The number of H-pyrrole nitrogens is 1. The molecule has 110 valence electrons. The molecule has 0 saturated carbocycles. The normalized spacial score (nSPS) is 11.3. The summed E-state index contributed by atoms with van der Waals surface area (Å²) in [7, 11) is 0. The fourth-order valence-electron chi connectivity index (χ4n) is 2.95. The Hall–Kier alpha value is -3.06. The summed E-state index contributed by atoms with van der Waals surface area (Å²) in [6, 6.07) is 29.4. The summed E-state index contributed by atoms with van der Waals surface area (Å²) >= 11 is 0. The first-order chi connectivity index (χ1) is 11.4. The Morgan fingerprint density at radius 1 is 0.609 bits per heavy atom. The van der Waals surface area contributed by atoms with Gasteiger partial charge in [0.1, 0.15) is 0 Å². The molecule has 1 heteroatoms. The highest BCUT2D eigenvalue weighted by Gasteiger charge is 2.10. The Labute approximate surface area is 135 Å². The minimum Gasteiger partial charge on any atom is -0.354 e. The van der Waals surface area contributed by atoms with E-state index < -0.39 is 0 Å². The molecular formula is C22H17N. The fourth-order valence-corrected chi connectivity index (χ4v) is 2.95. The molecule has 0 aliphatic rings. The minimum absolute atomic E-state index is 1.14. The van der Waals surface area contributed by atoms with Gasteiger partial charge in [0.25, 0.3) is 0 Å². The smallest absolute Gasteiger partial charge is 0.0471 e. The number of aromatic amines is 1. The van der Waals surface area contributed by atoms with Gasteiger partial charge in [0, 0.05) is 22.2 Å². The lowest BCUT2D eigenvalue weighted by molar-refractivity contribution is 1.43. The summed E-state index contributed by atoms with van der Waals surface area (Å²) in [6.07, 6.45) is 4.31. The molecule has 0 aliphatic heterocycles. The Morgan fingerprint density at radius 3 is 2.04 bits per heavy atom. The van der Waals surface area contributed by atoms with Crippen molar-refractivity contribution in [2.24, 2.45) is 0 Å². The monoisotopic (exact) mass is 295 g/mol. The molecule has 0 spiro atoms. The number of aromatic nitrogens is 1. The van der Waals surface area contributed by atoms with Gasteiger partial charge in [0.15, 0.2) is 0 Å². The molecule has 1 heterocycles. The molecule has 0 radical (unpaired) electrons. The average Bonchev–Trinajstić information content (AvgIpc) is 3.00. The van der Waals surface area contributed by atoms with Crippen LogP contribution in [0.1, 0.15) is 11.3 Å². The lowest BCUT2D eigenvalue weighted by Crippen LogP contribution is -1.80. The third kappa shape index (κ3) is 2.69. The number of hydrogen-bond donors (Lipinski definition) is 1. The summed E-state index contributed by atoms with van der Waals surface area (Å²) in [5, 5.41) is 1.26. The van der Waals surface area contributed by atoms with Gasteiger partial charge in [-0.05, 0) is 23.3 Å². The van der Waals surface area contributed by atoms with Crippen molar-refractivity contribution in [2.45, 2.75) is 0 Å². The van der Waals surface area contributed by atoms with Crippen molar-refractivity contribution < 1.29 is 0 Å². The Bertz CT molecular complexity index is 947. The van der Waals surface area contributed by atoms with Crippen LogP contribution >= 0.6 is 0 Å². The Kier molecular flexibility index (Phi) is 3.53. The second-order valence-electron chi connectivity index (χ2n) is 5.57. The van der Waals surface area contributed by atoms with Gasteiger partial charge in [-0.1, -0.05) is 84.9 Å². The summed E-state index contributed by atoms with van der Waals surface area (Å²) in [4.78, 5) is 3.55. The maximum atomic E-state index is 3.55. The van der Waals surface area contributed by atoms with Gasteiger partial charge in [-0.3, -0.25) is 0 Å². The summed E-state index contributed by atoms with van der Waals surface area (Å²) in [6.45, 7) is 0. The van der Waals surface area contributed by atoms with Crippen LogP contribution in [0.25, 0.3) is 34.2 Å². The van der Waals surface area contributed by atoms with Crippen LogP contribution in [0.15, 0.2) is 84.9 Å². The van der Waals surface area contributed by atoms with E-state index in [1.807, 2.05) is 6.07 Å². The summed E-state index contributed by atoms with van der Waals surface area (Å²) in [5.74, 6) is 0. The van der Waals surface area contributed by atoms with Crippen molar-refractivity contribution in [3.63, 3.8) is 0 Å². The molecule has 0 atom stereocenters. The zero-order valence-electron chi connectivity index (χ0n) is 12.7. The topological polar surface area (TPSA) is 15.8 Å². The first-order valence-electron chi connectivity index (χ1n) is 7.81. The highest BCUT2D eigenvalue weighted by atomic mass is 14.7. The van der Waals surface area contributed by atoms with E-state index in [4.69, 9.17) is 0 Å². The molecule has 1 nitrogen and oxygen atoms in total. The molecular weight excluding hydrogens is 278 g/mol. The van der Waals surface area contributed by atoms with Crippen molar-refractivity contribution >= 4 is 23.1 Å². The molecule has 0 amide bonds. The van der Waals surface area contributed by atoms with E-state index in [1.165, 1.54) is 27.6 Å². The first-order valence-corrected chi connectivity index (χ1v) is 7.81. The van der Waals surface area contributed by atoms with E-state index in [2.05, 4.69) is 96.0 Å². The van der Waals surface area contributed by atoms with Crippen molar-refractivity contribution in [3.05, 3.63) is 96.2 Å². The van der Waals surface area contributed by atoms with E-state index in [9.17, 15) is 0 Å². The van der Waals surface area contributed by atoms with E-state index in [-0.39, 0.29) is 0 Å². The van der Waals surface area contributed by atoms with Crippen molar-refractivity contribution in [3.8, 4) is 11.1 Å². The maximum Gasteiger partial charge on any atom is 0.0471 e. The molecule has 0 saturated heterocycles. The Morgan fingerprint density at radius 2 is 1.26 bits per heavy atom. The number of nitrogens with one attached hydrogen (secondary N) is 1. The van der Waals surface area contributed by atoms with Gasteiger partial charge in [-0.25, -0.2) is 0 Å². The number of fused-ring (bicyclic) bond motifs is 1. The van der Waals surface area contributed by atoms with Crippen LogP contribution in [0.5, 0.6) is 0 Å². The van der Waals surface area contributed by atoms with E-state index in [0.717, 1.165) is 5.69 Å². The summed E-state index contributed by atoms with van der Waals surface area (Å²) < 4.78 is 0. The molecule has 0 fully saturated rings. The predicted octanol–water partition coefficient (Wildman–Crippen LogP) is 6.01. The minimum atomic E-state index is 1.14. The lowest BCUT2D eigenvalue weighted by atomic mass is 10.0. The van der Waals surface area contributed by atoms with E-state index in [1.54, 1.807) is 0 Å². The van der Waals surface area contributed by atoms with Crippen LogP contribution < -0.4 is 0 Å². The molecule has 4 rings (SSSR count). The van der Waals surface area contributed by atoms with Gasteiger partial charge in [0.2, 0.25) is 0 Å². The fraction of sp³-hybridized carbons (Fsp3) is 0. The second kappa shape index (κ2) is 5.98. The number of hydrogen-bond acceptors (Lipinski definition) is 0. The van der Waals surface area contributed by atoms with Gasteiger partial charge >= 0.3 is 0 Å². The molecule has 1 aromatic heterocycles. The zero-order chi connectivity index (χ0) is 15.5. The molecule has 23 heavy (non-hydrogen) atoms. The molecule has 0 aliphatic carbocycles. The largest absolute Gasteiger partial charge is 0.354 e. The van der Waals surface area contributed by atoms with Crippen molar-refractivity contribution in [1.29, 1.82) is 0 Å². The molecule has 3 aromatic carbocycles. The molecule has 1 N–H and O–H groups in total. The lowest BCUT2D eigenvalue weighted by Gasteiger charge is -2.02. The summed E-state index contributed by atoms with van der Waals surface area (Å²) in [5.41, 5.74) is 6.00. The van der Waals surface area contributed by atoms with Gasteiger partial charge in [0.05, 0.1) is 0 Å². The van der Waals surface area contributed by atoms with Crippen LogP contribution in [0.3, 0.4) is 0 Å². The number of para-hydroxylation sites is 1. The standard InChI is InChI=1S/C22H17N/c1-3-9-17(10-4-1)15-16-21-22(18-11-5-2-6-12-18)19-13-7-8-14-20(19)23-21/h1-16,23H. The van der Waals surface area contributed by atoms with Crippen molar-refractivity contribution in [2.75, 3.05) is 0 Å². The quantitative estimate of drug-likeness (QED) is 0.476. The molecule has 0 unspecified atom stereocenters. The molecule has 0 bridgehead atoms. The SMILES string of the molecule is C(=Cc1[nH]c2ccccc2c1-c1ccccc1)c1ccccc1. The van der Waals surface area contributed by atoms with Gasteiger partial charge in [-0.2, -0.15) is 0 Å². The molecule has 4 aromatic rings. The van der Waals surface area contributed by atoms with Crippen LogP contribution in [0.2, 0.25) is 0 Å². The highest BCUT2D eigenvalue weighted by molar-refractivity contribution is 6.01. The van der Waals surface area contributed by atoms with Crippen LogP contribution in [0.4, 0.5) is 0 Å². The number of benzene rings is 3. The van der Waals surface area contributed by atoms with Crippen LogP contribution in [-0.4, -0.2) is 4.98 Å². The highest BCUT2D eigenvalue weighted by Crippen LogP contribution is 2.33. The third-order valence-corrected chi connectivity index (χ3v) is 4.04. The number of rotatable bonds is 3. The first kappa shape index (κ1) is 13.6. The average molecular weight is 295 g/mol. The van der Waals surface area contributed by atoms with Crippen molar-refractivity contribution in [1.82, 2.24) is 4.98 Å². The predicted molar refractivity (Wildman–Crippen MR) is 99.1 cm³/mol.